The molecule has 0 aromatic heterocycles. The summed E-state index contributed by atoms with van der Waals surface area (Å²) in [6, 6.07) is 5.51. The lowest BCUT2D eigenvalue weighted by Crippen LogP contribution is -2.17. The number of carbonyl (C=O) groups is 1. The highest BCUT2D eigenvalue weighted by Crippen LogP contribution is 2.25. The van der Waals surface area contributed by atoms with Gasteiger partial charge in [-0.25, -0.2) is 4.39 Å². The molecule has 10 heteroatoms. The molecule has 1 aromatic rings. The molecular weight excluding hydrogens is 586 g/mol. The van der Waals surface area contributed by atoms with E-state index < -0.39 is 18.5 Å². The maximum atomic E-state index is 13.8. The van der Waals surface area contributed by atoms with Crippen LogP contribution < -0.4 is 0 Å². The van der Waals surface area contributed by atoms with Crippen molar-refractivity contribution >= 4 is 12.1 Å². The number of allylic oxidation sites excluding steroid dienone is 3. The first-order chi connectivity index (χ1) is 21.0. The summed E-state index contributed by atoms with van der Waals surface area (Å²) in [6.45, 7) is 15.2. The van der Waals surface area contributed by atoms with Gasteiger partial charge in [0.2, 0.25) is 5.91 Å². The number of aryl methyl sites for hydroxylation is 2. The lowest BCUT2D eigenvalue weighted by atomic mass is 9.92. The van der Waals surface area contributed by atoms with Crippen LogP contribution in [0.2, 0.25) is 0 Å². The smallest absolute Gasteiger partial charge is 0.349 e. The van der Waals surface area contributed by atoms with Crippen LogP contribution in [0.15, 0.2) is 40.4 Å². The summed E-state index contributed by atoms with van der Waals surface area (Å²) < 4.78 is 46.1. The van der Waals surface area contributed by atoms with E-state index in [1.54, 1.807) is 27.1 Å². The Morgan fingerprint density at radius 2 is 1.58 bits per heavy atom. The van der Waals surface area contributed by atoms with Crippen LogP contribution in [0.3, 0.4) is 0 Å². The SMILES string of the molecule is C#C.C/C=C(/C)CC=NCC(C)=CC(C#N)c1cc(F)c(C)cc1C.CC(=O)N(C)C.CC1CCCC1.CCC(F)(F)F.OO. The van der Waals surface area contributed by atoms with E-state index in [1.807, 2.05) is 33.1 Å². The average molecular weight is 642 g/mol. The average Bonchev–Trinajstić information content (AvgIpc) is 3.49. The molecule has 1 saturated carbocycles. The molecular formula is C35H55F4N3O3. The number of alkyl halides is 3. The van der Waals surface area contributed by atoms with E-state index in [4.69, 9.17) is 10.5 Å². The molecule has 2 N–H and O–H groups in total. The van der Waals surface area contributed by atoms with Gasteiger partial charge in [0.1, 0.15) is 5.82 Å². The number of nitriles is 1. The molecule has 0 bridgehead atoms. The van der Waals surface area contributed by atoms with Gasteiger partial charge >= 0.3 is 6.18 Å². The summed E-state index contributed by atoms with van der Waals surface area (Å²) in [5.41, 5.74) is 4.55. The summed E-state index contributed by atoms with van der Waals surface area (Å²) in [5.74, 6) is 0.425. The van der Waals surface area contributed by atoms with Crippen LogP contribution in [0.4, 0.5) is 17.6 Å². The number of halogens is 4. The minimum atomic E-state index is -3.96. The number of amides is 1. The third kappa shape index (κ3) is 29.0. The molecule has 1 fully saturated rings. The number of terminal acetylenes is 1. The molecule has 0 radical (unpaired) electrons. The first kappa shape index (κ1) is 48.4. The molecule has 0 heterocycles. The van der Waals surface area contributed by atoms with Crippen molar-refractivity contribution in [2.45, 2.75) is 106 Å². The molecule has 1 aromatic carbocycles. The monoisotopic (exact) mass is 641 g/mol. The summed E-state index contributed by atoms with van der Waals surface area (Å²) in [4.78, 5) is 16.0. The van der Waals surface area contributed by atoms with Gasteiger partial charge in [-0.2, -0.15) is 18.4 Å². The zero-order valence-electron chi connectivity index (χ0n) is 28.8. The standard InChI is InChI=1S/C20H25FN2.C6H12.C4H9NO.C3H5F3.C2H2.H2O2/c1-6-14(2)7-8-23-13-15(3)9-18(12-22)19-11-20(21)17(5)10-16(19)4;1-6-4-2-3-5-6;1-4(6)5(2)3;1-2-3(4,5)6;2*1-2/h6,8-11,18H,7,13H2,1-5H3;6H,2-5H2,1H3;1-3H3;2H2,1H3;2*1-2H/b14-6-,15-9?,23-8?;;;;;. The lowest BCUT2D eigenvalue weighted by molar-refractivity contribution is -0.176. The van der Waals surface area contributed by atoms with Crippen molar-refractivity contribution < 1.29 is 32.9 Å². The summed E-state index contributed by atoms with van der Waals surface area (Å²) >= 11 is 0. The Hall–Kier alpha value is -3.47. The van der Waals surface area contributed by atoms with Crippen LogP contribution in [0.25, 0.3) is 0 Å². The highest BCUT2D eigenvalue weighted by molar-refractivity contribution is 5.72. The summed E-state index contributed by atoms with van der Waals surface area (Å²) in [5, 5.41) is 21.4. The largest absolute Gasteiger partial charge is 0.388 e. The van der Waals surface area contributed by atoms with Gasteiger partial charge in [0.05, 0.1) is 18.5 Å². The van der Waals surface area contributed by atoms with E-state index >= 15 is 0 Å². The van der Waals surface area contributed by atoms with Crippen molar-refractivity contribution in [3.8, 4) is 18.9 Å². The molecule has 45 heavy (non-hydrogen) atoms. The Kier molecular flexibility index (Phi) is 31.5. The Labute approximate surface area is 269 Å². The van der Waals surface area contributed by atoms with Crippen molar-refractivity contribution in [1.82, 2.24) is 4.90 Å². The second kappa shape index (κ2) is 29.3. The highest BCUT2D eigenvalue weighted by atomic mass is 19.4. The highest BCUT2D eigenvalue weighted by Gasteiger charge is 2.22. The van der Waals surface area contributed by atoms with Crippen molar-refractivity contribution in [3.05, 3.63) is 57.9 Å². The van der Waals surface area contributed by atoms with E-state index in [1.165, 1.54) is 49.1 Å². The van der Waals surface area contributed by atoms with Gasteiger partial charge in [0.25, 0.3) is 0 Å². The second-order valence-electron chi connectivity index (χ2n) is 10.7. The van der Waals surface area contributed by atoms with Gasteiger partial charge in [-0.3, -0.25) is 20.3 Å². The van der Waals surface area contributed by atoms with Crippen molar-refractivity contribution in [2.24, 2.45) is 10.9 Å². The van der Waals surface area contributed by atoms with Crippen LogP contribution in [-0.4, -0.2) is 54.4 Å². The fraction of sp³-hybridized carbons (Fsp3) is 0.571. The number of hydrogen-bond acceptors (Lipinski definition) is 5. The molecule has 0 aliphatic heterocycles. The molecule has 0 spiro atoms. The Morgan fingerprint density at radius 3 is 1.91 bits per heavy atom. The molecule has 0 saturated heterocycles. The Balaban J connectivity index is -0.000000308. The van der Waals surface area contributed by atoms with Gasteiger partial charge in [-0.1, -0.05) is 68.9 Å². The van der Waals surface area contributed by atoms with Crippen LogP contribution in [-0.2, 0) is 4.79 Å². The van der Waals surface area contributed by atoms with Gasteiger partial charge in [0, 0.05) is 40.1 Å². The number of aliphatic imine (C=N–C) groups is 1. The van der Waals surface area contributed by atoms with Crippen LogP contribution in [0.5, 0.6) is 0 Å². The van der Waals surface area contributed by atoms with E-state index in [2.05, 4.69) is 43.8 Å². The first-order valence-electron chi connectivity index (χ1n) is 14.7. The van der Waals surface area contributed by atoms with E-state index in [0.29, 0.717) is 12.1 Å². The van der Waals surface area contributed by atoms with Gasteiger partial charge in [-0.05, 0) is 63.3 Å². The fourth-order valence-electron chi connectivity index (χ4n) is 3.37. The van der Waals surface area contributed by atoms with E-state index in [9.17, 15) is 27.6 Å². The summed E-state index contributed by atoms with van der Waals surface area (Å²) in [6.07, 6.45) is 15.9. The number of rotatable bonds is 6. The van der Waals surface area contributed by atoms with Crippen molar-refractivity contribution in [3.63, 3.8) is 0 Å². The Morgan fingerprint density at radius 1 is 1.11 bits per heavy atom. The second-order valence-corrected chi connectivity index (χ2v) is 10.7. The van der Waals surface area contributed by atoms with Crippen LogP contribution >= 0.6 is 0 Å². The topological polar surface area (TPSA) is 96.9 Å². The molecule has 2 rings (SSSR count). The lowest BCUT2D eigenvalue weighted by Gasteiger charge is -2.11. The minimum Gasteiger partial charge on any atom is -0.349 e. The van der Waals surface area contributed by atoms with E-state index in [-0.39, 0.29) is 11.7 Å². The third-order valence-corrected chi connectivity index (χ3v) is 6.52. The van der Waals surface area contributed by atoms with Crippen molar-refractivity contribution in [1.29, 1.82) is 5.26 Å². The first-order valence-corrected chi connectivity index (χ1v) is 14.7. The van der Waals surface area contributed by atoms with Crippen molar-refractivity contribution in [2.75, 3.05) is 20.6 Å². The zero-order valence-corrected chi connectivity index (χ0v) is 28.8. The molecule has 256 valence electrons. The van der Waals surface area contributed by atoms with Gasteiger partial charge in [-0.15, -0.1) is 12.8 Å². The predicted molar refractivity (Wildman–Crippen MR) is 179 cm³/mol. The number of carbonyl (C=O) groups excluding carboxylic acids is 1. The number of nitrogens with zero attached hydrogens (tertiary/aromatic N) is 3. The van der Waals surface area contributed by atoms with Crippen LogP contribution in [0.1, 0.15) is 103 Å². The third-order valence-electron chi connectivity index (χ3n) is 6.52. The number of hydrogen-bond donors (Lipinski definition) is 2. The molecule has 1 amide bonds. The minimum absolute atomic E-state index is 0.0926. The quantitative estimate of drug-likeness (QED) is 0.0807. The zero-order chi connectivity index (χ0) is 36.2. The number of benzene rings is 1. The maximum Gasteiger partial charge on any atom is 0.388 e. The van der Waals surface area contributed by atoms with Gasteiger partial charge in [0.15, 0.2) is 0 Å². The normalized spacial score (nSPS) is 13.4. The predicted octanol–water partition coefficient (Wildman–Crippen LogP) is 9.94. The Bertz CT molecular complexity index is 1080. The summed E-state index contributed by atoms with van der Waals surface area (Å²) in [7, 11) is 3.45. The fourth-order valence-corrected chi connectivity index (χ4v) is 3.37. The van der Waals surface area contributed by atoms with Gasteiger partial charge < -0.3 is 4.90 Å². The molecule has 1 aliphatic rings. The van der Waals surface area contributed by atoms with E-state index in [0.717, 1.165) is 36.0 Å². The molecule has 1 unspecified atom stereocenters. The maximum absolute atomic E-state index is 13.8. The molecule has 1 aliphatic carbocycles. The van der Waals surface area contributed by atoms with Crippen LogP contribution in [0, 0.1) is 49.8 Å². The molecule has 6 nitrogen and oxygen atoms in total. The molecule has 1 atom stereocenters.